The number of hydrogen-bond donors (Lipinski definition) is 1. The van der Waals surface area contributed by atoms with E-state index in [1.54, 1.807) is 4.90 Å². The zero-order valence-electron chi connectivity index (χ0n) is 15.6. The van der Waals surface area contributed by atoms with Crippen LogP contribution in [-0.4, -0.2) is 30.9 Å². The SMILES string of the molecule is Cc1ccc(N2C(=O)CCC2C(=O)Nc2ccc(N3CCCC3)cc2)cc1. The fourth-order valence-corrected chi connectivity index (χ4v) is 3.92. The number of carbonyl (C=O) groups excluding carboxylic acids is 2. The van der Waals surface area contributed by atoms with E-state index in [0.29, 0.717) is 12.8 Å². The molecule has 0 spiro atoms. The maximum absolute atomic E-state index is 12.8. The van der Waals surface area contributed by atoms with E-state index in [0.717, 1.165) is 30.0 Å². The van der Waals surface area contributed by atoms with Crippen LogP contribution in [0, 0.1) is 6.92 Å². The molecule has 2 aromatic rings. The van der Waals surface area contributed by atoms with Crippen LogP contribution in [0.5, 0.6) is 0 Å². The standard InChI is InChI=1S/C22H25N3O2/c1-16-4-8-19(9-5-16)25-20(12-13-21(25)26)22(27)23-17-6-10-18(11-7-17)24-14-2-3-15-24/h4-11,20H,2-3,12-15H2,1H3,(H,23,27). The Labute approximate surface area is 160 Å². The van der Waals surface area contributed by atoms with Crippen LogP contribution in [0.15, 0.2) is 48.5 Å². The van der Waals surface area contributed by atoms with Crippen LogP contribution in [0.25, 0.3) is 0 Å². The van der Waals surface area contributed by atoms with Gasteiger partial charge in [0.15, 0.2) is 0 Å². The Bertz CT molecular complexity index is 824. The van der Waals surface area contributed by atoms with Gasteiger partial charge in [0, 0.05) is 36.6 Å². The number of carbonyl (C=O) groups is 2. The minimum Gasteiger partial charge on any atom is -0.372 e. The summed E-state index contributed by atoms with van der Waals surface area (Å²) in [5.41, 5.74) is 3.88. The summed E-state index contributed by atoms with van der Waals surface area (Å²) in [7, 11) is 0. The molecule has 2 heterocycles. The molecule has 1 unspecified atom stereocenters. The monoisotopic (exact) mass is 363 g/mol. The molecule has 5 heteroatoms. The summed E-state index contributed by atoms with van der Waals surface area (Å²) in [5, 5.41) is 2.98. The summed E-state index contributed by atoms with van der Waals surface area (Å²) in [4.78, 5) is 29.2. The van der Waals surface area contributed by atoms with Crippen LogP contribution in [0.2, 0.25) is 0 Å². The Morgan fingerprint density at radius 2 is 1.59 bits per heavy atom. The fraction of sp³-hybridized carbons (Fsp3) is 0.364. The second-order valence-electron chi connectivity index (χ2n) is 7.38. The van der Waals surface area contributed by atoms with Gasteiger partial charge in [-0.3, -0.25) is 14.5 Å². The van der Waals surface area contributed by atoms with Gasteiger partial charge in [0.1, 0.15) is 6.04 Å². The van der Waals surface area contributed by atoms with E-state index in [4.69, 9.17) is 0 Å². The molecule has 4 rings (SSSR count). The van der Waals surface area contributed by atoms with Gasteiger partial charge in [-0.2, -0.15) is 0 Å². The van der Waals surface area contributed by atoms with Gasteiger partial charge < -0.3 is 10.2 Å². The van der Waals surface area contributed by atoms with Crippen molar-refractivity contribution < 1.29 is 9.59 Å². The van der Waals surface area contributed by atoms with Gasteiger partial charge in [-0.25, -0.2) is 0 Å². The second kappa shape index (κ2) is 7.43. The normalized spacial score (nSPS) is 19.6. The molecule has 0 saturated carbocycles. The highest BCUT2D eigenvalue weighted by atomic mass is 16.2. The molecule has 5 nitrogen and oxygen atoms in total. The van der Waals surface area contributed by atoms with Crippen LogP contribution in [0.4, 0.5) is 17.1 Å². The van der Waals surface area contributed by atoms with Gasteiger partial charge in [0.2, 0.25) is 11.8 Å². The van der Waals surface area contributed by atoms with Crippen molar-refractivity contribution in [3.63, 3.8) is 0 Å². The van der Waals surface area contributed by atoms with E-state index in [9.17, 15) is 9.59 Å². The minimum atomic E-state index is -0.460. The topological polar surface area (TPSA) is 52.7 Å². The maximum Gasteiger partial charge on any atom is 0.247 e. The van der Waals surface area contributed by atoms with E-state index >= 15 is 0 Å². The fourth-order valence-electron chi connectivity index (χ4n) is 3.92. The van der Waals surface area contributed by atoms with E-state index < -0.39 is 6.04 Å². The van der Waals surface area contributed by atoms with Crippen molar-refractivity contribution in [2.24, 2.45) is 0 Å². The lowest BCUT2D eigenvalue weighted by Gasteiger charge is -2.24. The molecule has 2 aliphatic heterocycles. The molecular weight excluding hydrogens is 338 g/mol. The summed E-state index contributed by atoms with van der Waals surface area (Å²) < 4.78 is 0. The van der Waals surface area contributed by atoms with E-state index in [1.165, 1.54) is 18.5 Å². The third-order valence-corrected chi connectivity index (χ3v) is 5.43. The molecular formula is C22H25N3O2. The van der Waals surface area contributed by atoms with Crippen molar-refractivity contribution in [2.45, 2.75) is 38.6 Å². The van der Waals surface area contributed by atoms with Gasteiger partial charge in [0.25, 0.3) is 0 Å². The second-order valence-corrected chi connectivity index (χ2v) is 7.38. The Balaban J connectivity index is 1.46. The molecule has 0 bridgehead atoms. The molecule has 2 fully saturated rings. The molecule has 27 heavy (non-hydrogen) atoms. The number of nitrogens with zero attached hydrogens (tertiary/aromatic N) is 2. The number of rotatable bonds is 4. The molecule has 2 aromatic carbocycles. The quantitative estimate of drug-likeness (QED) is 0.900. The van der Waals surface area contributed by atoms with Crippen molar-refractivity contribution >= 4 is 28.9 Å². The zero-order chi connectivity index (χ0) is 18.8. The smallest absolute Gasteiger partial charge is 0.247 e. The summed E-state index contributed by atoms with van der Waals surface area (Å²) in [6.45, 7) is 4.20. The summed E-state index contributed by atoms with van der Waals surface area (Å²) in [6, 6.07) is 15.3. The van der Waals surface area contributed by atoms with Gasteiger partial charge in [-0.15, -0.1) is 0 Å². The van der Waals surface area contributed by atoms with Gasteiger partial charge >= 0.3 is 0 Å². The van der Waals surface area contributed by atoms with Crippen LogP contribution in [0.3, 0.4) is 0 Å². The van der Waals surface area contributed by atoms with E-state index in [1.807, 2.05) is 43.3 Å². The molecule has 2 saturated heterocycles. The molecule has 1 atom stereocenters. The van der Waals surface area contributed by atoms with Crippen molar-refractivity contribution in [3.05, 3.63) is 54.1 Å². The van der Waals surface area contributed by atoms with Crippen molar-refractivity contribution in [1.29, 1.82) is 0 Å². The summed E-state index contributed by atoms with van der Waals surface area (Å²) in [5.74, 6) is -0.126. The highest BCUT2D eigenvalue weighted by Crippen LogP contribution is 2.28. The predicted molar refractivity (Wildman–Crippen MR) is 108 cm³/mol. The van der Waals surface area contributed by atoms with Crippen molar-refractivity contribution in [3.8, 4) is 0 Å². The largest absolute Gasteiger partial charge is 0.372 e. The van der Waals surface area contributed by atoms with Crippen LogP contribution in [-0.2, 0) is 9.59 Å². The van der Waals surface area contributed by atoms with Crippen LogP contribution < -0.4 is 15.1 Å². The third kappa shape index (κ3) is 3.68. The minimum absolute atomic E-state index is 0.00313. The lowest BCUT2D eigenvalue weighted by molar-refractivity contribution is -0.120. The molecule has 0 aromatic heterocycles. The Kier molecular flexibility index (Phi) is 4.84. The highest BCUT2D eigenvalue weighted by molar-refractivity contribution is 6.07. The van der Waals surface area contributed by atoms with Crippen molar-refractivity contribution in [1.82, 2.24) is 0 Å². The van der Waals surface area contributed by atoms with Gasteiger partial charge in [-0.1, -0.05) is 17.7 Å². The summed E-state index contributed by atoms with van der Waals surface area (Å²) >= 11 is 0. The zero-order valence-corrected chi connectivity index (χ0v) is 15.6. The third-order valence-electron chi connectivity index (χ3n) is 5.43. The Morgan fingerprint density at radius 3 is 2.26 bits per heavy atom. The number of aryl methyl sites for hydroxylation is 1. The van der Waals surface area contributed by atoms with Gasteiger partial charge in [0.05, 0.1) is 0 Å². The van der Waals surface area contributed by atoms with Crippen LogP contribution >= 0.6 is 0 Å². The first-order chi connectivity index (χ1) is 13.1. The van der Waals surface area contributed by atoms with E-state index in [-0.39, 0.29) is 11.8 Å². The lowest BCUT2D eigenvalue weighted by atomic mass is 10.1. The summed E-state index contributed by atoms with van der Waals surface area (Å²) in [6.07, 6.45) is 3.43. The lowest BCUT2D eigenvalue weighted by Crippen LogP contribution is -2.41. The molecule has 140 valence electrons. The maximum atomic E-state index is 12.8. The van der Waals surface area contributed by atoms with Crippen molar-refractivity contribution in [2.75, 3.05) is 28.2 Å². The Hall–Kier alpha value is -2.82. The number of hydrogen-bond acceptors (Lipinski definition) is 3. The first-order valence-electron chi connectivity index (χ1n) is 9.66. The average Bonchev–Trinajstić information content (AvgIpc) is 3.33. The molecule has 2 aliphatic rings. The highest BCUT2D eigenvalue weighted by Gasteiger charge is 2.37. The number of nitrogens with one attached hydrogen (secondary N) is 1. The Morgan fingerprint density at radius 1 is 0.963 bits per heavy atom. The van der Waals surface area contributed by atoms with Gasteiger partial charge in [-0.05, 0) is 62.6 Å². The average molecular weight is 363 g/mol. The van der Waals surface area contributed by atoms with E-state index in [2.05, 4.69) is 22.3 Å². The molecule has 0 aliphatic carbocycles. The molecule has 2 amide bonds. The predicted octanol–water partition coefficient (Wildman–Crippen LogP) is 3.73. The number of anilines is 3. The molecule has 0 radical (unpaired) electrons. The molecule has 1 N–H and O–H groups in total. The first kappa shape index (κ1) is 17.6. The van der Waals surface area contributed by atoms with Crippen LogP contribution in [0.1, 0.15) is 31.2 Å². The number of benzene rings is 2. The number of amides is 2. The first-order valence-corrected chi connectivity index (χ1v) is 9.66.